The number of para-hydroxylation sites is 1. The van der Waals surface area contributed by atoms with E-state index in [0.717, 1.165) is 66.5 Å². The SMILES string of the molecule is CN1CCC2(CC1)CC(NC(=O)C1(c3cccc(Br)c3)CC1)c1ccccc1O2. The van der Waals surface area contributed by atoms with Gasteiger partial charge in [0.05, 0.1) is 11.5 Å². The van der Waals surface area contributed by atoms with Crippen LogP contribution in [0.4, 0.5) is 0 Å². The van der Waals surface area contributed by atoms with E-state index in [2.05, 4.69) is 57.5 Å². The van der Waals surface area contributed by atoms with Crippen molar-refractivity contribution in [3.05, 3.63) is 64.1 Å². The van der Waals surface area contributed by atoms with E-state index in [9.17, 15) is 4.79 Å². The van der Waals surface area contributed by atoms with Gasteiger partial charge in [0.1, 0.15) is 11.4 Å². The van der Waals surface area contributed by atoms with Crippen LogP contribution in [0.1, 0.15) is 49.3 Å². The minimum absolute atomic E-state index is 0.000448. The van der Waals surface area contributed by atoms with Gasteiger partial charge in [-0.1, -0.05) is 46.3 Å². The summed E-state index contributed by atoms with van der Waals surface area (Å²) in [4.78, 5) is 15.8. The van der Waals surface area contributed by atoms with E-state index in [1.165, 1.54) is 0 Å². The summed E-state index contributed by atoms with van der Waals surface area (Å²) in [5, 5.41) is 3.43. The van der Waals surface area contributed by atoms with Crippen LogP contribution in [0.25, 0.3) is 0 Å². The van der Waals surface area contributed by atoms with Crippen molar-refractivity contribution in [2.24, 2.45) is 0 Å². The summed E-state index contributed by atoms with van der Waals surface area (Å²) in [6, 6.07) is 16.4. The van der Waals surface area contributed by atoms with E-state index < -0.39 is 0 Å². The maximum Gasteiger partial charge on any atom is 0.231 e. The number of carbonyl (C=O) groups excluding carboxylic acids is 1. The van der Waals surface area contributed by atoms with Crippen molar-refractivity contribution in [3.8, 4) is 5.75 Å². The summed E-state index contributed by atoms with van der Waals surface area (Å²) in [6.45, 7) is 2.07. The Morgan fingerprint density at radius 2 is 1.86 bits per heavy atom. The zero-order chi connectivity index (χ0) is 20.1. The molecule has 2 aromatic carbocycles. The van der Waals surface area contributed by atoms with Gasteiger partial charge in [0, 0.05) is 29.5 Å². The van der Waals surface area contributed by atoms with E-state index in [4.69, 9.17) is 4.74 Å². The molecule has 3 aliphatic rings. The number of hydrogen-bond acceptors (Lipinski definition) is 3. The molecule has 2 heterocycles. The Hall–Kier alpha value is -1.85. The molecule has 0 radical (unpaired) electrons. The fraction of sp³-hybridized carbons (Fsp3) is 0.458. The maximum absolute atomic E-state index is 13.5. The number of nitrogens with zero attached hydrogens (tertiary/aromatic N) is 1. The number of benzene rings is 2. The predicted octanol–water partition coefficient (Wildman–Crippen LogP) is 4.59. The molecule has 2 aromatic rings. The second kappa shape index (κ2) is 7.13. The van der Waals surface area contributed by atoms with Gasteiger partial charge in [-0.05, 0) is 56.5 Å². The zero-order valence-electron chi connectivity index (χ0n) is 16.8. The molecule has 1 amide bonds. The first-order valence-electron chi connectivity index (χ1n) is 10.5. The summed E-state index contributed by atoms with van der Waals surface area (Å²) in [7, 11) is 2.16. The van der Waals surface area contributed by atoms with Crippen LogP contribution in [0, 0.1) is 0 Å². The molecule has 1 saturated carbocycles. The molecule has 29 heavy (non-hydrogen) atoms. The first kappa shape index (κ1) is 19.1. The van der Waals surface area contributed by atoms with E-state index >= 15 is 0 Å². The van der Waals surface area contributed by atoms with Gasteiger partial charge in [0.15, 0.2) is 0 Å². The Morgan fingerprint density at radius 3 is 2.59 bits per heavy atom. The maximum atomic E-state index is 13.5. The molecular weight excluding hydrogens is 428 g/mol. The monoisotopic (exact) mass is 454 g/mol. The highest BCUT2D eigenvalue weighted by atomic mass is 79.9. The number of piperidine rings is 1. The van der Waals surface area contributed by atoms with Gasteiger partial charge in [0.2, 0.25) is 5.91 Å². The number of ether oxygens (including phenoxy) is 1. The fourth-order valence-corrected chi connectivity index (χ4v) is 5.33. The normalized spacial score (nSPS) is 24.4. The first-order chi connectivity index (χ1) is 14.0. The zero-order valence-corrected chi connectivity index (χ0v) is 18.4. The number of hydrogen-bond donors (Lipinski definition) is 1. The molecule has 0 bridgehead atoms. The third-order valence-electron chi connectivity index (χ3n) is 6.96. The second-order valence-electron chi connectivity index (χ2n) is 8.95. The molecule has 1 aliphatic carbocycles. The fourth-order valence-electron chi connectivity index (χ4n) is 4.93. The molecule has 4 nitrogen and oxygen atoms in total. The van der Waals surface area contributed by atoms with Gasteiger partial charge >= 0.3 is 0 Å². The van der Waals surface area contributed by atoms with Gasteiger partial charge in [-0.2, -0.15) is 0 Å². The van der Waals surface area contributed by atoms with Gasteiger partial charge < -0.3 is 15.0 Å². The van der Waals surface area contributed by atoms with Gasteiger partial charge in [-0.15, -0.1) is 0 Å². The highest BCUT2D eigenvalue weighted by molar-refractivity contribution is 9.10. The van der Waals surface area contributed by atoms with Crippen molar-refractivity contribution >= 4 is 21.8 Å². The van der Waals surface area contributed by atoms with Crippen molar-refractivity contribution in [3.63, 3.8) is 0 Å². The van der Waals surface area contributed by atoms with Crippen molar-refractivity contribution in [2.45, 2.75) is 49.2 Å². The summed E-state index contributed by atoms with van der Waals surface area (Å²) in [6.07, 6.45) is 4.67. The Kier molecular flexibility index (Phi) is 4.71. The van der Waals surface area contributed by atoms with E-state index in [1.807, 2.05) is 24.3 Å². The van der Waals surface area contributed by atoms with Crippen LogP contribution in [0.5, 0.6) is 5.75 Å². The van der Waals surface area contributed by atoms with E-state index in [0.29, 0.717) is 0 Å². The second-order valence-corrected chi connectivity index (χ2v) is 9.86. The molecule has 2 fully saturated rings. The Labute approximate surface area is 180 Å². The standard InChI is InChI=1S/C24H27BrN2O2/c1-27-13-11-23(12-14-27)16-20(19-7-2-3-8-21(19)29-23)26-22(28)24(9-10-24)17-5-4-6-18(25)15-17/h2-8,15,20H,9-14,16H2,1H3,(H,26,28). The Morgan fingerprint density at radius 1 is 1.10 bits per heavy atom. The summed E-state index contributed by atoms with van der Waals surface area (Å²) >= 11 is 3.55. The highest BCUT2D eigenvalue weighted by Gasteiger charge is 2.53. The number of carbonyl (C=O) groups is 1. The van der Waals surface area contributed by atoms with Gasteiger partial charge in [0.25, 0.3) is 0 Å². The molecule has 1 unspecified atom stereocenters. The van der Waals surface area contributed by atoms with Crippen LogP contribution < -0.4 is 10.1 Å². The smallest absolute Gasteiger partial charge is 0.231 e. The number of amides is 1. The van der Waals surface area contributed by atoms with Crippen LogP contribution in [0.3, 0.4) is 0 Å². The average Bonchev–Trinajstić information content (AvgIpc) is 3.53. The van der Waals surface area contributed by atoms with Crippen molar-refractivity contribution < 1.29 is 9.53 Å². The van der Waals surface area contributed by atoms with E-state index in [-0.39, 0.29) is 23.0 Å². The lowest BCUT2D eigenvalue weighted by Crippen LogP contribution is -2.52. The molecule has 1 spiro atoms. The lowest BCUT2D eigenvalue weighted by atomic mass is 9.80. The van der Waals surface area contributed by atoms with Gasteiger partial charge in [-0.3, -0.25) is 4.79 Å². The van der Waals surface area contributed by atoms with Crippen LogP contribution in [-0.4, -0.2) is 36.5 Å². The predicted molar refractivity (Wildman–Crippen MR) is 117 cm³/mol. The third kappa shape index (κ3) is 3.49. The number of halogens is 1. The van der Waals surface area contributed by atoms with Crippen LogP contribution >= 0.6 is 15.9 Å². The van der Waals surface area contributed by atoms with Crippen LogP contribution in [0.15, 0.2) is 53.0 Å². The first-order valence-corrected chi connectivity index (χ1v) is 11.3. The average molecular weight is 455 g/mol. The number of likely N-dealkylation sites (tertiary alicyclic amines) is 1. The van der Waals surface area contributed by atoms with Crippen molar-refractivity contribution in [2.75, 3.05) is 20.1 Å². The Balaban J connectivity index is 1.42. The molecule has 0 aromatic heterocycles. The molecule has 2 aliphatic heterocycles. The van der Waals surface area contributed by atoms with Crippen molar-refractivity contribution in [1.29, 1.82) is 0 Å². The van der Waals surface area contributed by atoms with Crippen LogP contribution in [0.2, 0.25) is 0 Å². The molecule has 1 N–H and O–H groups in total. The number of fused-ring (bicyclic) bond motifs is 1. The lowest BCUT2D eigenvalue weighted by Gasteiger charge is -2.46. The minimum atomic E-state index is -0.378. The van der Waals surface area contributed by atoms with Crippen molar-refractivity contribution in [1.82, 2.24) is 10.2 Å². The third-order valence-corrected chi connectivity index (χ3v) is 7.46. The highest BCUT2D eigenvalue weighted by Crippen LogP contribution is 2.50. The van der Waals surface area contributed by atoms with Crippen LogP contribution in [-0.2, 0) is 10.2 Å². The molecule has 1 atom stereocenters. The summed E-state index contributed by atoms with van der Waals surface area (Å²) in [5.41, 5.74) is 1.66. The molecule has 152 valence electrons. The number of nitrogens with one attached hydrogen (secondary N) is 1. The summed E-state index contributed by atoms with van der Waals surface area (Å²) < 4.78 is 7.56. The number of rotatable bonds is 3. The Bertz CT molecular complexity index is 932. The largest absolute Gasteiger partial charge is 0.487 e. The molecular formula is C24H27BrN2O2. The van der Waals surface area contributed by atoms with E-state index in [1.54, 1.807) is 0 Å². The minimum Gasteiger partial charge on any atom is -0.487 e. The molecule has 5 heteroatoms. The van der Waals surface area contributed by atoms with Gasteiger partial charge in [-0.25, -0.2) is 0 Å². The summed E-state index contributed by atoms with van der Waals surface area (Å²) in [5.74, 6) is 1.08. The molecule has 1 saturated heterocycles. The lowest BCUT2D eigenvalue weighted by molar-refractivity contribution is -0.125. The quantitative estimate of drug-likeness (QED) is 0.737. The topological polar surface area (TPSA) is 41.6 Å². The molecule has 5 rings (SSSR count).